The molecule has 5 rings (SSSR count). The van der Waals surface area contributed by atoms with E-state index in [9.17, 15) is 8.78 Å². The minimum absolute atomic E-state index is 0.234. The van der Waals surface area contributed by atoms with Crippen molar-refractivity contribution >= 4 is 11.3 Å². The van der Waals surface area contributed by atoms with Crippen LogP contribution >= 0.6 is 0 Å². The van der Waals surface area contributed by atoms with Gasteiger partial charge in [0.2, 0.25) is 0 Å². The van der Waals surface area contributed by atoms with Gasteiger partial charge in [-0.1, -0.05) is 30.9 Å². The highest BCUT2D eigenvalue weighted by Crippen LogP contribution is 2.47. The Bertz CT molecular complexity index is 1160. The normalized spacial score (nSPS) is 16.4. The second-order valence-electron chi connectivity index (χ2n) is 7.93. The van der Waals surface area contributed by atoms with Gasteiger partial charge < -0.3 is 5.32 Å². The second-order valence-corrected chi connectivity index (χ2v) is 7.93. The van der Waals surface area contributed by atoms with Crippen molar-refractivity contribution in [1.29, 1.82) is 0 Å². The molecule has 3 nitrogen and oxygen atoms in total. The standard InChI is InChI=1S/C25H21F2N3/c1-16(17-5-7-19(26)8-6-17)30-25(11-12-25)24-10-9-22-21(3-2-4-23(22)29-24)18-13-20(27)15-28-14-18/h3,5-10,13-15,30H,1-2,4,11-12H2. The molecule has 2 aromatic heterocycles. The maximum absolute atomic E-state index is 13.7. The van der Waals surface area contributed by atoms with E-state index in [4.69, 9.17) is 4.98 Å². The van der Waals surface area contributed by atoms with Crippen molar-refractivity contribution in [1.82, 2.24) is 15.3 Å². The highest BCUT2D eigenvalue weighted by atomic mass is 19.1. The molecular weight excluding hydrogens is 380 g/mol. The van der Waals surface area contributed by atoms with Gasteiger partial charge >= 0.3 is 0 Å². The summed E-state index contributed by atoms with van der Waals surface area (Å²) in [6, 6.07) is 12.0. The summed E-state index contributed by atoms with van der Waals surface area (Å²) in [7, 11) is 0. The molecule has 0 amide bonds. The van der Waals surface area contributed by atoms with Crippen LogP contribution in [0.25, 0.3) is 11.3 Å². The van der Waals surface area contributed by atoms with Crippen molar-refractivity contribution in [3.05, 3.63) is 107 Å². The van der Waals surface area contributed by atoms with Crippen molar-refractivity contribution in [2.45, 2.75) is 31.2 Å². The molecule has 0 spiro atoms. The first-order valence-electron chi connectivity index (χ1n) is 10.1. The average molecular weight is 401 g/mol. The van der Waals surface area contributed by atoms with E-state index in [0.717, 1.165) is 65.0 Å². The molecule has 30 heavy (non-hydrogen) atoms. The molecule has 2 aliphatic rings. The maximum atomic E-state index is 13.7. The number of nitrogens with zero attached hydrogens (tertiary/aromatic N) is 2. The van der Waals surface area contributed by atoms with Crippen LogP contribution in [0.15, 0.2) is 67.5 Å². The first-order valence-corrected chi connectivity index (χ1v) is 10.1. The van der Waals surface area contributed by atoms with Crippen molar-refractivity contribution in [2.75, 3.05) is 0 Å². The van der Waals surface area contributed by atoms with E-state index in [1.807, 2.05) is 6.07 Å². The van der Waals surface area contributed by atoms with Gasteiger partial charge in [0.1, 0.15) is 11.6 Å². The second kappa shape index (κ2) is 7.17. The van der Waals surface area contributed by atoms with Crippen LogP contribution < -0.4 is 5.32 Å². The Labute approximate surface area is 174 Å². The SMILES string of the molecule is C=C(NC1(c2ccc3c(n2)CCC=C3c2cncc(F)c2)CC1)c1ccc(F)cc1. The summed E-state index contributed by atoms with van der Waals surface area (Å²) in [5.74, 6) is -0.605. The van der Waals surface area contributed by atoms with Crippen LogP contribution in [0.1, 0.15) is 47.3 Å². The summed E-state index contributed by atoms with van der Waals surface area (Å²) in [5, 5.41) is 3.52. The van der Waals surface area contributed by atoms with Gasteiger partial charge in [-0.2, -0.15) is 0 Å². The third-order valence-corrected chi connectivity index (χ3v) is 5.83. The fraction of sp³-hybridized carbons (Fsp3) is 0.200. The molecule has 0 atom stereocenters. The summed E-state index contributed by atoms with van der Waals surface area (Å²) >= 11 is 0. The van der Waals surface area contributed by atoms with Crippen molar-refractivity contribution in [3.63, 3.8) is 0 Å². The molecule has 0 unspecified atom stereocenters. The molecule has 1 aromatic carbocycles. The number of allylic oxidation sites excluding steroid dienone is 1. The van der Waals surface area contributed by atoms with Crippen LogP contribution in [0, 0.1) is 11.6 Å². The number of nitrogens with one attached hydrogen (secondary N) is 1. The van der Waals surface area contributed by atoms with Gasteiger partial charge in [-0.05, 0) is 61.1 Å². The molecule has 0 saturated heterocycles. The number of benzene rings is 1. The van der Waals surface area contributed by atoms with Crippen LogP contribution in [0.5, 0.6) is 0 Å². The molecule has 3 aromatic rings. The van der Waals surface area contributed by atoms with Crippen LogP contribution in [0.3, 0.4) is 0 Å². The number of aryl methyl sites for hydroxylation is 1. The average Bonchev–Trinajstić information content (AvgIpc) is 3.54. The fourth-order valence-corrected chi connectivity index (χ4v) is 4.08. The smallest absolute Gasteiger partial charge is 0.142 e. The quantitative estimate of drug-likeness (QED) is 0.624. The molecule has 0 bridgehead atoms. The van der Waals surface area contributed by atoms with Crippen molar-refractivity contribution in [2.24, 2.45) is 0 Å². The molecule has 1 N–H and O–H groups in total. The number of hydrogen-bond acceptors (Lipinski definition) is 3. The molecule has 5 heteroatoms. The van der Waals surface area contributed by atoms with E-state index in [0.29, 0.717) is 0 Å². The zero-order valence-electron chi connectivity index (χ0n) is 16.5. The van der Waals surface area contributed by atoms with Gasteiger partial charge in [-0.15, -0.1) is 0 Å². The third-order valence-electron chi connectivity index (χ3n) is 5.83. The van der Waals surface area contributed by atoms with E-state index in [1.54, 1.807) is 18.3 Å². The molecule has 2 heterocycles. The Hall–Kier alpha value is -3.34. The monoisotopic (exact) mass is 401 g/mol. The predicted molar refractivity (Wildman–Crippen MR) is 113 cm³/mol. The van der Waals surface area contributed by atoms with E-state index in [2.05, 4.69) is 29.0 Å². The van der Waals surface area contributed by atoms with E-state index >= 15 is 0 Å². The highest BCUT2D eigenvalue weighted by molar-refractivity contribution is 5.81. The number of rotatable bonds is 5. The number of hydrogen-bond donors (Lipinski definition) is 1. The number of halogens is 2. The minimum atomic E-state index is -0.342. The van der Waals surface area contributed by atoms with Crippen LogP contribution in [0.2, 0.25) is 0 Å². The predicted octanol–water partition coefficient (Wildman–Crippen LogP) is 5.38. The van der Waals surface area contributed by atoms with Crippen LogP contribution in [-0.4, -0.2) is 9.97 Å². The van der Waals surface area contributed by atoms with Gasteiger partial charge in [0, 0.05) is 28.7 Å². The topological polar surface area (TPSA) is 37.8 Å². The molecule has 0 radical (unpaired) electrons. The molecular formula is C25H21F2N3. The molecule has 0 aliphatic heterocycles. The lowest BCUT2D eigenvalue weighted by atomic mass is 9.90. The van der Waals surface area contributed by atoms with Gasteiger partial charge in [0.15, 0.2) is 0 Å². The van der Waals surface area contributed by atoms with Crippen molar-refractivity contribution < 1.29 is 8.78 Å². The lowest BCUT2D eigenvalue weighted by Gasteiger charge is -2.23. The largest absolute Gasteiger partial charge is 0.374 e. The Balaban J connectivity index is 1.42. The van der Waals surface area contributed by atoms with E-state index < -0.39 is 0 Å². The van der Waals surface area contributed by atoms with Gasteiger partial charge in [0.25, 0.3) is 0 Å². The third kappa shape index (κ3) is 3.41. The minimum Gasteiger partial charge on any atom is -0.374 e. The molecule has 1 saturated carbocycles. The summed E-state index contributed by atoms with van der Waals surface area (Å²) in [5.41, 5.74) is 6.19. The van der Waals surface area contributed by atoms with Crippen LogP contribution in [0.4, 0.5) is 8.78 Å². The summed E-state index contributed by atoms with van der Waals surface area (Å²) < 4.78 is 26.9. The van der Waals surface area contributed by atoms with Crippen LogP contribution in [-0.2, 0) is 12.0 Å². The summed E-state index contributed by atoms with van der Waals surface area (Å²) in [6.07, 6.45) is 8.68. The Morgan fingerprint density at radius 2 is 1.80 bits per heavy atom. The maximum Gasteiger partial charge on any atom is 0.142 e. The molecule has 2 aliphatic carbocycles. The molecule has 1 fully saturated rings. The first kappa shape index (κ1) is 18.7. The van der Waals surface area contributed by atoms with E-state index in [-0.39, 0.29) is 17.2 Å². The van der Waals surface area contributed by atoms with Gasteiger partial charge in [-0.25, -0.2) is 8.78 Å². The van der Waals surface area contributed by atoms with Gasteiger partial charge in [0.05, 0.1) is 17.4 Å². The lowest BCUT2D eigenvalue weighted by molar-refractivity contribution is 0.603. The summed E-state index contributed by atoms with van der Waals surface area (Å²) in [4.78, 5) is 8.97. The lowest BCUT2D eigenvalue weighted by Crippen LogP contribution is -2.28. The Morgan fingerprint density at radius 1 is 1.00 bits per heavy atom. The fourth-order valence-electron chi connectivity index (χ4n) is 4.08. The highest BCUT2D eigenvalue weighted by Gasteiger charge is 2.46. The van der Waals surface area contributed by atoms with E-state index in [1.165, 1.54) is 24.4 Å². The Morgan fingerprint density at radius 3 is 2.53 bits per heavy atom. The van der Waals surface area contributed by atoms with Gasteiger partial charge in [-0.3, -0.25) is 9.97 Å². The first-order chi connectivity index (χ1) is 14.5. The zero-order chi connectivity index (χ0) is 20.7. The number of fused-ring (bicyclic) bond motifs is 1. The Kier molecular flexibility index (Phi) is 4.46. The number of pyridine rings is 2. The summed E-state index contributed by atoms with van der Waals surface area (Å²) in [6.45, 7) is 4.14. The molecule has 150 valence electrons. The number of aromatic nitrogens is 2. The zero-order valence-corrected chi connectivity index (χ0v) is 16.5. The van der Waals surface area contributed by atoms with Crippen molar-refractivity contribution in [3.8, 4) is 0 Å².